The maximum atomic E-state index is 5.92. The van der Waals surface area contributed by atoms with Gasteiger partial charge in [-0.15, -0.1) is 0 Å². The van der Waals surface area contributed by atoms with Crippen molar-refractivity contribution in [3.8, 4) is 0 Å². The molecule has 17 heavy (non-hydrogen) atoms. The van der Waals surface area contributed by atoms with Crippen molar-refractivity contribution in [2.75, 3.05) is 17.6 Å². The van der Waals surface area contributed by atoms with Crippen molar-refractivity contribution in [3.05, 3.63) is 23.8 Å². The van der Waals surface area contributed by atoms with Gasteiger partial charge in [-0.05, 0) is 42.9 Å². The van der Waals surface area contributed by atoms with Crippen LogP contribution in [0.2, 0.25) is 0 Å². The molecule has 0 unspecified atom stereocenters. The van der Waals surface area contributed by atoms with Gasteiger partial charge in [0.05, 0.1) is 0 Å². The molecule has 1 aliphatic carbocycles. The van der Waals surface area contributed by atoms with Gasteiger partial charge in [0.25, 0.3) is 0 Å². The zero-order valence-electron chi connectivity index (χ0n) is 11.1. The Hall–Kier alpha value is -1.18. The second-order valence-corrected chi connectivity index (χ2v) is 5.80. The van der Waals surface area contributed by atoms with E-state index in [1.807, 2.05) is 13.0 Å². The van der Waals surface area contributed by atoms with E-state index in [2.05, 4.69) is 24.4 Å². The fraction of sp³-hybridized carbons (Fsp3) is 0.600. The van der Waals surface area contributed by atoms with Crippen molar-refractivity contribution in [3.63, 3.8) is 0 Å². The van der Waals surface area contributed by atoms with Crippen molar-refractivity contribution >= 4 is 11.4 Å². The van der Waals surface area contributed by atoms with Gasteiger partial charge in [-0.1, -0.05) is 32.3 Å². The van der Waals surface area contributed by atoms with Crippen LogP contribution in [0.4, 0.5) is 11.4 Å². The lowest BCUT2D eigenvalue weighted by molar-refractivity contribution is 0.233. The van der Waals surface area contributed by atoms with E-state index in [1.165, 1.54) is 32.1 Å². The maximum Gasteiger partial charge on any atom is 0.0364 e. The van der Waals surface area contributed by atoms with Gasteiger partial charge in [0.2, 0.25) is 0 Å². The minimum Gasteiger partial charge on any atom is -0.398 e. The van der Waals surface area contributed by atoms with E-state index in [0.29, 0.717) is 5.41 Å². The van der Waals surface area contributed by atoms with Gasteiger partial charge < -0.3 is 11.1 Å². The Morgan fingerprint density at radius 3 is 2.59 bits per heavy atom. The van der Waals surface area contributed by atoms with Crippen LogP contribution in [-0.4, -0.2) is 6.54 Å². The molecule has 0 radical (unpaired) electrons. The Kier molecular flexibility index (Phi) is 3.60. The van der Waals surface area contributed by atoms with Gasteiger partial charge in [0, 0.05) is 17.9 Å². The van der Waals surface area contributed by atoms with Gasteiger partial charge in [-0.25, -0.2) is 0 Å². The Balaban J connectivity index is 1.94. The van der Waals surface area contributed by atoms with Gasteiger partial charge in [0.1, 0.15) is 0 Å². The third-order valence-electron chi connectivity index (χ3n) is 4.06. The van der Waals surface area contributed by atoms with Gasteiger partial charge in [-0.2, -0.15) is 0 Å². The minimum absolute atomic E-state index is 0.470. The van der Waals surface area contributed by atoms with Gasteiger partial charge in [0.15, 0.2) is 0 Å². The van der Waals surface area contributed by atoms with Crippen LogP contribution in [0.25, 0.3) is 0 Å². The van der Waals surface area contributed by atoms with E-state index in [4.69, 9.17) is 5.73 Å². The molecule has 0 aromatic heterocycles. The average molecular weight is 232 g/mol. The molecule has 0 atom stereocenters. The lowest BCUT2D eigenvalue weighted by Gasteiger charge is -2.34. The number of nitrogen functional groups attached to an aromatic ring is 1. The van der Waals surface area contributed by atoms with E-state index in [-0.39, 0.29) is 0 Å². The Bertz CT molecular complexity index is 379. The third kappa shape index (κ3) is 3.15. The molecule has 0 aliphatic heterocycles. The first-order valence-corrected chi connectivity index (χ1v) is 6.69. The molecule has 1 aromatic rings. The standard InChI is InChI=1S/C15H24N2/c1-12-6-7-13(10-14(12)16)17-11-15(2)8-4-3-5-9-15/h6-7,10,17H,3-5,8-9,11,16H2,1-2H3. The van der Waals surface area contributed by atoms with Crippen LogP contribution in [0, 0.1) is 12.3 Å². The van der Waals surface area contributed by atoms with Crippen LogP contribution in [-0.2, 0) is 0 Å². The number of benzene rings is 1. The predicted molar refractivity (Wildman–Crippen MR) is 75.3 cm³/mol. The molecule has 1 aromatic carbocycles. The first kappa shape index (κ1) is 12.3. The normalized spacial score (nSPS) is 18.9. The minimum atomic E-state index is 0.470. The quantitative estimate of drug-likeness (QED) is 0.774. The molecule has 0 spiro atoms. The lowest BCUT2D eigenvalue weighted by atomic mass is 9.76. The zero-order valence-corrected chi connectivity index (χ0v) is 11.1. The summed E-state index contributed by atoms with van der Waals surface area (Å²) in [6, 6.07) is 6.25. The molecule has 0 bridgehead atoms. The van der Waals surface area contributed by atoms with Crippen LogP contribution in [0.15, 0.2) is 18.2 Å². The summed E-state index contributed by atoms with van der Waals surface area (Å²) in [6.07, 6.45) is 6.87. The first-order chi connectivity index (χ1) is 8.09. The number of nitrogens with two attached hydrogens (primary N) is 1. The molecule has 1 fully saturated rings. The van der Waals surface area contributed by atoms with E-state index >= 15 is 0 Å². The zero-order chi connectivity index (χ0) is 12.3. The molecule has 2 heteroatoms. The van der Waals surface area contributed by atoms with Gasteiger partial charge >= 0.3 is 0 Å². The Labute approximate surface area is 105 Å². The summed E-state index contributed by atoms with van der Waals surface area (Å²) in [6.45, 7) is 5.51. The van der Waals surface area contributed by atoms with Crippen molar-refractivity contribution in [1.29, 1.82) is 0 Å². The first-order valence-electron chi connectivity index (χ1n) is 6.69. The van der Waals surface area contributed by atoms with Crippen LogP contribution in [0.5, 0.6) is 0 Å². The topological polar surface area (TPSA) is 38.0 Å². The number of hydrogen-bond acceptors (Lipinski definition) is 2. The molecule has 0 heterocycles. The highest BCUT2D eigenvalue weighted by molar-refractivity contribution is 5.58. The molecule has 94 valence electrons. The SMILES string of the molecule is Cc1ccc(NCC2(C)CCCCC2)cc1N. The highest BCUT2D eigenvalue weighted by atomic mass is 14.9. The fourth-order valence-electron chi connectivity index (χ4n) is 2.65. The van der Waals surface area contributed by atoms with Crippen LogP contribution < -0.4 is 11.1 Å². The number of nitrogens with one attached hydrogen (secondary N) is 1. The van der Waals surface area contributed by atoms with Crippen LogP contribution in [0.3, 0.4) is 0 Å². The van der Waals surface area contributed by atoms with Crippen molar-refractivity contribution < 1.29 is 0 Å². The summed E-state index contributed by atoms with van der Waals surface area (Å²) in [5.41, 5.74) is 9.58. The van der Waals surface area contributed by atoms with E-state index < -0.39 is 0 Å². The molecule has 3 N–H and O–H groups in total. The molecule has 1 aliphatic rings. The summed E-state index contributed by atoms with van der Waals surface area (Å²) >= 11 is 0. The second-order valence-electron chi connectivity index (χ2n) is 5.80. The number of rotatable bonds is 3. The highest BCUT2D eigenvalue weighted by Crippen LogP contribution is 2.35. The van der Waals surface area contributed by atoms with E-state index in [1.54, 1.807) is 0 Å². The predicted octanol–water partition coefficient (Wildman–Crippen LogP) is 3.96. The molecule has 0 saturated heterocycles. The molecule has 0 amide bonds. The molecule has 2 nitrogen and oxygen atoms in total. The monoisotopic (exact) mass is 232 g/mol. The summed E-state index contributed by atoms with van der Waals surface area (Å²) < 4.78 is 0. The Morgan fingerprint density at radius 2 is 1.94 bits per heavy atom. The highest BCUT2D eigenvalue weighted by Gasteiger charge is 2.26. The van der Waals surface area contributed by atoms with Crippen molar-refractivity contribution in [2.45, 2.75) is 46.0 Å². The smallest absolute Gasteiger partial charge is 0.0364 e. The molecular weight excluding hydrogens is 208 g/mol. The van der Waals surface area contributed by atoms with Crippen molar-refractivity contribution in [2.24, 2.45) is 5.41 Å². The third-order valence-corrected chi connectivity index (χ3v) is 4.06. The van der Waals surface area contributed by atoms with E-state index in [0.717, 1.165) is 23.5 Å². The second kappa shape index (κ2) is 4.99. The molecular formula is C15H24N2. The summed E-state index contributed by atoms with van der Waals surface area (Å²) in [5, 5.41) is 3.54. The largest absolute Gasteiger partial charge is 0.398 e. The van der Waals surface area contributed by atoms with Crippen LogP contribution >= 0.6 is 0 Å². The number of anilines is 2. The Morgan fingerprint density at radius 1 is 1.24 bits per heavy atom. The number of hydrogen-bond donors (Lipinski definition) is 2. The summed E-state index contributed by atoms with van der Waals surface area (Å²) in [4.78, 5) is 0. The molecule has 2 rings (SSSR count). The summed E-state index contributed by atoms with van der Waals surface area (Å²) in [7, 11) is 0. The maximum absolute atomic E-state index is 5.92. The lowest BCUT2D eigenvalue weighted by Crippen LogP contribution is -2.28. The van der Waals surface area contributed by atoms with E-state index in [9.17, 15) is 0 Å². The summed E-state index contributed by atoms with van der Waals surface area (Å²) in [5.74, 6) is 0. The van der Waals surface area contributed by atoms with Gasteiger partial charge in [-0.3, -0.25) is 0 Å². The average Bonchev–Trinajstić information content (AvgIpc) is 2.32. The van der Waals surface area contributed by atoms with Crippen molar-refractivity contribution in [1.82, 2.24) is 0 Å². The van der Waals surface area contributed by atoms with Crippen LogP contribution in [0.1, 0.15) is 44.6 Å². The fourth-order valence-corrected chi connectivity index (χ4v) is 2.65. The molecule has 1 saturated carbocycles. The number of aryl methyl sites for hydroxylation is 1.